The van der Waals surface area contributed by atoms with Crippen molar-refractivity contribution in [3.63, 3.8) is 0 Å². The van der Waals surface area contributed by atoms with Crippen molar-refractivity contribution >= 4 is 0 Å². The van der Waals surface area contributed by atoms with Gasteiger partial charge in [0.05, 0.1) is 0 Å². The zero-order valence-corrected chi connectivity index (χ0v) is 11.7. The molecule has 0 fully saturated rings. The van der Waals surface area contributed by atoms with Gasteiger partial charge in [-0.3, -0.25) is 0 Å². The number of hydrogen-bond acceptors (Lipinski definition) is 1. The first-order valence-electron chi connectivity index (χ1n) is 6.80. The second kappa shape index (κ2) is 6.62. The summed E-state index contributed by atoms with van der Waals surface area (Å²) in [5.74, 6) is -0.440. The molecule has 3 heteroatoms. The van der Waals surface area contributed by atoms with E-state index >= 15 is 0 Å². The van der Waals surface area contributed by atoms with Gasteiger partial charge < -0.3 is 5.32 Å². The van der Waals surface area contributed by atoms with E-state index in [2.05, 4.69) is 12.2 Å². The maximum atomic E-state index is 13.2. The van der Waals surface area contributed by atoms with Crippen LogP contribution in [0.25, 0.3) is 0 Å². The molecule has 0 heterocycles. The Labute approximate surface area is 118 Å². The lowest BCUT2D eigenvalue weighted by molar-refractivity contribution is 0.475. The smallest absolute Gasteiger partial charge is 0.123 e. The van der Waals surface area contributed by atoms with Crippen molar-refractivity contribution in [3.8, 4) is 0 Å². The van der Waals surface area contributed by atoms with Crippen molar-refractivity contribution < 1.29 is 8.78 Å². The summed E-state index contributed by atoms with van der Waals surface area (Å²) < 4.78 is 26.0. The summed E-state index contributed by atoms with van der Waals surface area (Å²) in [5.41, 5.74) is 2.01. The molecule has 0 saturated heterocycles. The third-order valence-corrected chi connectivity index (χ3v) is 3.34. The van der Waals surface area contributed by atoms with E-state index in [1.54, 1.807) is 24.3 Å². The Bertz CT molecular complexity index is 551. The van der Waals surface area contributed by atoms with E-state index in [9.17, 15) is 8.78 Å². The van der Waals surface area contributed by atoms with Crippen molar-refractivity contribution in [1.82, 2.24) is 5.32 Å². The molecule has 0 spiro atoms. The predicted molar refractivity (Wildman–Crippen MR) is 77.5 cm³/mol. The van der Waals surface area contributed by atoms with Gasteiger partial charge in [0.25, 0.3) is 0 Å². The fraction of sp³-hybridized carbons (Fsp3) is 0.294. The van der Waals surface area contributed by atoms with Gasteiger partial charge in [-0.1, -0.05) is 24.3 Å². The maximum absolute atomic E-state index is 13.2. The summed E-state index contributed by atoms with van der Waals surface area (Å²) in [7, 11) is 0. The van der Waals surface area contributed by atoms with Gasteiger partial charge in [-0.05, 0) is 55.7 Å². The lowest BCUT2D eigenvalue weighted by atomic mass is 10.0. The lowest BCUT2D eigenvalue weighted by Crippen LogP contribution is -2.30. The summed E-state index contributed by atoms with van der Waals surface area (Å²) in [6, 6.07) is 13.4. The van der Waals surface area contributed by atoms with Crippen molar-refractivity contribution in [2.24, 2.45) is 0 Å². The van der Waals surface area contributed by atoms with E-state index in [4.69, 9.17) is 0 Å². The van der Waals surface area contributed by atoms with Gasteiger partial charge in [-0.25, -0.2) is 8.78 Å². The molecule has 106 valence electrons. The van der Waals surface area contributed by atoms with E-state index in [0.717, 1.165) is 17.5 Å². The zero-order valence-electron chi connectivity index (χ0n) is 11.7. The molecule has 0 aliphatic carbocycles. The summed E-state index contributed by atoms with van der Waals surface area (Å²) in [5, 5.41) is 3.43. The van der Waals surface area contributed by atoms with E-state index in [-0.39, 0.29) is 23.7 Å². The molecule has 0 radical (unpaired) electrons. The van der Waals surface area contributed by atoms with Gasteiger partial charge in [0.1, 0.15) is 11.6 Å². The van der Waals surface area contributed by atoms with Crippen LogP contribution in [0.5, 0.6) is 0 Å². The van der Waals surface area contributed by atoms with Gasteiger partial charge in [0.2, 0.25) is 0 Å². The first kappa shape index (κ1) is 14.7. The van der Waals surface area contributed by atoms with Crippen LogP contribution in [0.1, 0.15) is 31.0 Å². The van der Waals surface area contributed by atoms with Gasteiger partial charge >= 0.3 is 0 Å². The Kier molecular flexibility index (Phi) is 4.85. The third-order valence-electron chi connectivity index (χ3n) is 3.34. The van der Waals surface area contributed by atoms with Crippen LogP contribution in [0.15, 0.2) is 48.5 Å². The highest BCUT2D eigenvalue weighted by molar-refractivity contribution is 5.20. The van der Waals surface area contributed by atoms with Crippen molar-refractivity contribution in [3.05, 3.63) is 71.3 Å². The minimum absolute atomic E-state index is 0.0705. The lowest BCUT2D eigenvalue weighted by Gasteiger charge is -2.20. The first-order valence-corrected chi connectivity index (χ1v) is 6.80. The van der Waals surface area contributed by atoms with Crippen LogP contribution in [0.2, 0.25) is 0 Å². The molecule has 2 unspecified atom stereocenters. The molecule has 0 aliphatic rings. The van der Waals surface area contributed by atoms with Crippen LogP contribution in [0, 0.1) is 11.6 Å². The Hall–Kier alpha value is -1.74. The van der Waals surface area contributed by atoms with Crippen LogP contribution >= 0.6 is 0 Å². The number of nitrogens with one attached hydrogen (secondary N) is 1. The second-order valence-electron chi connectivity index (χ2n) is 5.17. The molecule has 0 bridgehead atoms. The quantitative estimate of drug-likeness (QED) is 0.860. The Morgan fingerprint density at radius 1 is 0.950 bits per heavy atom. The van der Waals surface area contributed by atoms with E-state index in [0.29, 0.717) is 0 Å². The average Bonchev–Trinajstić information content (AvgIpc) is 2.41. The number of benzene rings is 2. The summed E-state index contributed by atoms with van der Waals surface area (Å²) >= 11 is 0. The number of rotatable bonds is 5. The normalized spacial score (nSPS) is 14.0. The molecule has 0 saturated carbocycles. The first-order chi connectivity index (χ1) is 9.54. The predicted octanol–water partition coefficient (Wildman–Crippen LogP) is 4.25. The van der Waals surface area contributed by atoms with Crippen LogP contribution in [-0.4, -0.2) is 6.04 Å². The number of halogens is 2. The fourth-order valence-electron chi connectivity index (χ4n) is 2.33. The molecular weight excluding hydrogens is 256 g/mol. The molecule has 0 aromatic heterocycles. The van der Waals surface area contributed by atoms with Crippen molar-refractivity contribution in [2.75, 3.05) is 0 Å². The van der Waals surface area contributed by atoms with Gasteiger partial charge in [-0.2, -0.15) is 0 Å². The molecule has 20 heavy (non-hydrogen) atoms. The Morgan fingerprint density at radius 2 is 1.65 bits per heavy atom. The molecule has 2 aromatic rings. The monoisotopic (exact) mass is 275 g/mol. The SMILES string of the molecule is CC(Cc1ccc(F)cc1)NC(C)c1cccc(F)c1. The molecule has 2 atom stereocenters. The highest BCUT2D eigenvalue weighted by Crippen LogP contribution is 2.15. The zero-order chi connectivity index (χ0) is 14.5. The van der Waals surface area contributed by atoms with Crippen LogP contribution < -0.4 is 5.32 Å². The van der Waals surface area contributed by atoms with Gasteiger partial charge in [-0.15, -0.1) is 0 Å². The summed E-state index contributed by atoms with van der Waals surface area (Å²) in [4.78, 5) is 0. The van der Waals surface area contributed by atoms with Crippen LogP contribution in [0.3, 0.4) is 0 Å². The Balaban J connectivity index is 1.93. The molecule has 0 amide bonds. The van der Waals surface area contributed by atoms with Gasteiger partial charge in [0, 0.05) is 12.1 Å². The standard InChI is InChI=1S/C17H19F2N/c1-12(10-14-6-8-16(18)9-7-14)20-13(2)15-4-3-5-17(19)11-15/h3-9,11-13,20H,10H2,1-2H3. The molecule has 1 nitrogen and oxygen atoms in total. The summed E-state index contributed by atoms with van der Waals surface area (Å²) in [6.45, 7) is 4.08. The van der Waals surface area contributed by atoms with Crippen LogP contribution in [-0.2, 0) is 6.42 Å². The fourth-order valence-corrected chi connectivity index (χ4v) is 2.33. The molecular formula is C17H19F2N. The average molecular weight is 275 g/mol. The molecule has 2 rings (SSSR count). The molecule has 0 aliphatic heterocycles. The highest BCUT2D eigenvalue weighted by atomic mass is 19.1. The van der Waals surface area contributed by atoms with Crippen molar-refractivity contribution in [2.45, 2.75) is 32.4 Å². The third kappa shape index (κ3) is 4.14. The van der Waals surface area contributed by atoms with Gasteiger partial charge in [0.15, 0.2) is 0 Å². The van der Waals surface area contributed by atoms with E-state index in [1.807, 2.05) is 13.0 Å². The topological polar surface area (TPSA) is 12.0 Å². The largest absolute Gasteiger partial charge is 0.307 e. The highest BCUT2D eigenvalue weighted by Gasteiger charge is 2.10. The molecule has 2 aromatic carbocycles. The minimum Gasteiger partial charge on any atom is -0.307 e. The minimum atomic E-state index is -0.220. The molecule has 1 N–H and O–H groups in total. The van der Waals surface area contributed by atoms with Crippen LogP contribution in [0.4, 0.5) is 8.78 Å². The van der Waals surface area contributed by atoms with E-state index < -0.39 is 0 Å². The second-order valence-corrected chi connectivity index (χ2v) is 5.17. The van der Waals surface area contributed by atoms with Crippen molar-refractivity contribution in [1.29, 1.82) is 0 Å². The number of hydrogen-bond donors (Lipinski definition) is 1. The maximum Gasteiger partial charge on any atom is 0.123 e. The summed E-state index contributed by atoms with van der Waals surface area (Å²) in [6.07, 6.45) is 0.805. The van der Waals surface area contributed by atoms with E-state index in [1.165, 1.54) is 18.2 Å². The Morgan fingerprint density at radius 3 is 2.30 bits per heavy atom.